The molecule has 11 nitrogen and oxygen atoms in total. The first-order valence-corrected chi connectivity index (χ1v) is 13.4. The maximum atomic E-state index is 11.5. The average Bonchev–Trinajstić information content (AvgIpc) is 2.76. The Bertz CT molecular complexity index is 1480. The molecule has 0 saturated carbocycles. The van der Waals surface area contributed by atoms with Crippen LogP contribution in [0.25, 0.3) is 22.3 Å². The van der Waals surface area contributed by atoms with Gasteiger partial charge >= 0.3 is 25.9 Å². The first kappa shape index (κ1) is 25.8. The van der Waals surface area contributed by atoms with Crippen molar-refractivity contribution in [1.29, 1.82) is 0 Å². The topological polar surface area (TPSA) is 148 Å². The van der Waals surface area contributed by atoms with E-state index in [0.717, 1.165) is 12.5 Å². The average molecular weight is 524 g/mol. The van der Waals surface area contributed by atoms with E-state index in [-0.39, 0.29) is 5.75 Å². The number of rotatable bonds is 9. The van der Waals surface area contributed by atoms with Gasteiger partial charge in [0.25, 0.3) is 0 Å². The predicted molar refractivity (Wildman–Crippen MR) is 128 cm³/mol. The molecule has 0 aliphatic heterocycles. The van der Waals surface area contributed by atoms with E-state index in [1.807, 2.05) is 0 Å². The number of hydrogen-bond donors (Lipinski definition) is 0. The highest BCUT2D eigenvalue weighted by atomic mass is 32.2. The van der Waals surface area contributed by atoms with E-state index < -0.39 is 36.6 Å². The lowest BCUT2D eigenvalue weighted by Gasteiger charge is -2.16. The van der Waals surface area contributed by atoms with Crippen LogP contribution >= 0.6 is 0 Å². The van der Waals surface area contributed by atoms with Crippen LogP contribution in [0.2, 0.25) is 0 Å². The summed E-state index contributed by atoms with van der Waals surface area (Å²) in [4.78, 5) is 10.8. The van der Waals surface area contributed by atoms with Gasteiger partial charge in [-0.15, -0.1) is 0 Å². The van der Waals surface area contributed by atoms with Gasteiger partial charge < -0.3 is 17.8 Å². The summed E-state index contributed by atoms with van der Waals surface area (Å²) in [6.07, 6.45) is 1.73. The highest BCUT2D eigenvalue weighted by Gasteiger charge is 2.22. The Morgan fingerprint density at radius 2 is 1.17 bits per heavy atom. The third kappa shape index (κ3) is 6.39. The van der Waals surface area contributed by atoms with E-state index in [2.05, 4.69) is 0 Å². The van der Waals surface area contributed by atoms with Crippen LogP contribution in [0.1, 0.15) is 0 Å². The number of hydrogen-bond acceptors (Lipinski definition) is 10. The monoisotopic (exact) mass is 523 g/mol. The zero-order valence-corrected chi connectivity index (χ0v) is 20.7. The van der Waals surface area contributed by atoms with Crippen molar-refractivity contribution in [2.24, 2.45) is 0 Å². The Kier molecular flexibility index (Phi) is 7.22. The van der Waals surface area contributed by atoms with Crippen molar-refractivity contribution in [3.8, 4) is 45.3 Å². The van der Waals surface area contributed by atoms with Gasteiger partial charge in [-0.05, 0) is 47.5 Å². The van der Waals surface area contributed by atoms with Crippen LogP contribution in [0.15, 0.2) is 54.6 Å². The Hall–Kier alpha value is -3.84. The number of nitrogens with zero attached hydrogens (tertiary/aromatic N) is 1. The predicted octanol–water partition coefficient (Wildman–Crippen LogP) is 3.62. The summed E-state index contributed by atoms with van der Waals surface area (Å²) in [5, 5.41) is 11.5. The lowest BCUT2D eigenvalue weighted by molar-refractivity contribution is -0.385. The molecular formula is C22H21NO10S2. The van der Waals surface area contributed by atoms with Crippen LogP contribution in [0, 0.1) is 10.1 Å². The maximum Gasteiger partial charge on any atom is 0.313 e. The van der Waals surface area contributed by atoms with Crippen LogP contribution in [0.3, 0.4) is 0 Å². The van der Waals surface area contributed by atoms with Crippen LogP contribution in [-0.2, 0) is 20.2 Å². The highest BCUT2D eigenvalue weighted by molar-refractivity contribution is 7.86. The smallest absolute Gasteiger partial charge is 0.313 e. The Morgan fingerprint density at radius 1 is 0.686 bits per heavy atom. The van der Waals surface area contributed by atoms with Gasteiger partial charge in [0, 0.05) is 17.2 Å². The lowest BCUT2D eigenvalue weighted by atomic mass is 9.97. The number of methoxy groups -OCH3 is 2. The normalized spacial score (nSPS) is 11.5. The summed E-state index contributed by atoms with van der Waals surface area (Å²) in [6.45, 7) is 0. The standard InChI is InChI=1S/C22H21NO10S2/c1-30-21-13-18(15-7-10-20(33-35(4,28)29)19(11-15)23(24)25)22(31-2)12-17(21)14-5-8-16(9-6-14)32-34(3,26)27/h5-13H,1-4H3. The minimum absolute atomic E-state index is 0.141. The molecule has 0 N–H and O–H groups in total. The lowest BCUT2D eigenvalue weighted by Crippen LogP contribution is -2.07. The van der Waals surface area contributed by atoms with Crippen LogP contribution in [-0.4, -0.2) is 48.5 Å². The van der Waals surface area contributed by atoms with Gasteiger partial charge in [-0.25, -0.2) is 0 Å². The van der Waals surface area contributed by atoms with E-state index in [4.69, 9.17) is 17.8 Å². The van der Waals surface area contributed by atoms with Crippen LogP contribution in [0.5, 0.6) is 23.0 Å². The van der Waals surface area contributed by atoms with Gasteiger partial charge in [0.15, 0.2) is 0 Å². The Balaban J connectivity index is 2.10. The Morgan fingerprint density at radius 3 is 1.63 bits per heavy atom. The Labute approximate surface area is 202 Å². The van der Waals surface area contributed by atoms with E-state index in [0.29, 0.717) is 33.8 Å². The zero-order valence-electron chi connectivity index (χ0n) is 19.0. The molecule has 0 fully saturated rings. The first-order chi connectivity index (χ1) is 16.3. The van der Waals surface area contributed by atoms with Gasteiger partial charge in [-0.2, -0.15) is 16.8 Å². The van der Waals surface area contributed by atoms with Gasteiger partial charge in [-0.1, -0.05) is 12.1 Å². The second kappa shape index (κ2) is 9.80. The van der Waals surface area contributed by atoms with E-state index in [9.17, 15) is 26.9 Å². The summed E-state index contributed by atoms with van der Waals surface area (Å²) in [5.41, 5.74) is 1.52. The number of nitro benzene ring substituents is 1. The van der Waals surface area contributed by atoms with Crippen molar-refractivity contribution in [3.63, 3.8) is 0 Å². The van der Waals surface area contributed by atoms with E-state index >= 15 is 0 Å². The van der Waals surface area contributed by atoms with Gasteiger partial charge in [0.1, 0.15) is 17.2 Å². The molecule has 0 bridgehead atoms. The largest absolute Gasteiger partial charge is 0.496 e. The van der Waals surface area contributed by atoms with E-state index in [1.165, 1.54) is 44.6 Å². The van der Waals surface area contributed by atoms with Crippen molar-refractivity contribution < 1.29 is 39.6 Å². The number of benzene rings is 3. The summed E-state index contributed by atoms with van der Waals surface area (Å²) in [6, 6.07) is 13.4. The fourth-order valence-electron chi connectivity index (χ4n) is 3.27. The minimum Gasteiger partial charge on any atom is -0.496 e. The fraction of sp³-hybridized carbons (Fsp3) is 0.182. The first-order valence-electron chi connectivity index (χ1n) is 9.75. The third-order valence-corrected chi connectivity index (χ3v) is 5.62. The van der Waals surface area contributed by atoms with Crippen molar-refractivity contribution in [1.82, 2.24) is 0 Å². The molecule has 3 aromatic carbocycles. The SMILES string of the molecule is COc1cc(-c2ccc(OS(C)(=O)=O)c([N+](=O)[O-])c2)c(OC)cc1-c1ccc(OS(C)(=O)=O)cc1. The molecule has 0 saturated heterocycles. The molecule has 13 heteroatoms. The van der Waals surface area contributed by atoms with Crippen LogP contribution < -0.4 is 17.8 Å². The molecule has 0 aliphatic carbocycles. The molecule has 0 atom stereocenters. The number of nitro groups is 1. The van der Waals surface area contributed by atoms with Crippen molar-refractivity contribution in [2.75, 3.05) is 26.7 Å². The van der Waals surface area contributed by atoms with Gasteiger partial charge in [0.2, 0.25) is 5.75 Å². The molecule has 0 aliphatic rings. The molecule has 0 aromatic heterocycles. The van der Waals surface area contributed by atoms with Crippen molar-refractivity contribution in [3.05, 3.63) is 64.7 Å². The summed E-state index contributed by atoms with van der Waals surface area (Å²) >= 11 is 0. The molecule has 0 unspecified atom stereocenters. The summed E-state index contributed by atoms with van der Waals surface area (Å²) in [5.74, 6) is 0.475. The van der Waals surface area contributed by atoms with Gasteiger partial charge in [-0.3, -0.25) is 10.1 Å². The zero-order chi connectivity index (χ0) is 26.0. The quantitative estimate of drug-likeness (QED) is 0.231. The second-order valence-corrected chi connectivity index (χ2v) is 10.4. The summed E-state index contributed by atoms with van der Waals surface area (Å²) in [7, 11) is -4.78. The molecule has 0 radical (unpaired) electrons. The highest BCUT2D eigenvalue weighted by Crippen LogP contribution is 2.43. The van der Waals surface area contributed by atoms with E-state index in [1.54, 1.807) is 24.3 Å². The fourth-order valence-corrected chi connectivity index (χ4v) is 4.20. The molecule has 0 amide bonds. The third-order valence-electron chi connectivity index (χ3n) is 4.64. The molecule has 3 aromatic rings. The van der Waals surface area contributed by atoms with Gasteiger partial charge in [0.05, 0.1) is 31.7 Å². The van der Waals surface area contributed by atoms with Crippen molar-refractivity contribution >= 4 is 25.9 Å². The minimum atomic E-state index is -3.98. The van der Waals surface area contributed by atoms with Crippen molar-refractivity contribution in [2.45, 2.75) is 0 Å². The molecule has 0 spiro atoms. The molecule has 186 valence electrons. The molecular weight excluding hydrogens is 502 g/mol. The molecule has 3 rings (SSSR count). The summed E-state index contributed by atoms with van der Waals surface area (Å²) < 4.78 is 66.2. The second-order valence-electron chi connectivity index (χ2n) is 7.29. The maximum absolute atomic E-state index is 11.5. The molecule has 0 heterocycles. The molecule has 35 heavy (non-hydrogen) atoms. The van der Waals surface area contributed by atoms with Crippen LogP contribution in [0.4, 0.5) is 5.69 Å². The number of ether oxygens (including phenoxy) is 2.